The number of aromatic nitrogens is 3. The standard InChI is InChI=1S/C24H18N6O4/c31-16-5-1-3-13(9-16)11-26-19-20(22(33)21(19)32)27-15-6-7-18-17(10-15)23(30-29-18)28-24(34)14-4-2-8-25-12-14/h1-10,12,26-27,31H,11H2,(H2,28,29,30,34). The average molecular weight is 454 g/mol. The van der Waals surface area contributed by atoms with E-state index in [0.29, 0.717) is 28.0 Å². The quantitative estimate of drug-likeness (QED) is 0.236. The molecule has 0 aliphatic heterocycles. The van der Waals surface area contributed by atoms with Gasteiger partial charge in [-0.2, -0.15) is 5.10 Å². The van der Waals surface area contributed by atoms with Gasteiger partial charge in [0.1, 0.15) is 17.1 Å². The number of phenols is 1. The fourth-order valence-corrected chi connectivity index (χ4v) is 3.54. The Labute approximate surface area is 192 Å². The molecule has 0 radical (unpaired) electrons. The van der Waals surface area contributed by atoms with Gasteiger partial charge in [0, 0.05) is 30.0 Å². The zero-order valence-electron chi connectivity index (χ0n) is 17.6. The second kappa shape index (κ2) is 8.51. The minimum Gasteiger partial charge on any atom is -0.508 e. The number of aromatic hydroxyl groups is 1. The van der Waals surface area contributed by atoms with Crippen LogP contribution < -0.4 is 26.8 Å². The van der Waals surface area contributed by atoms with Gasteiger partial charge >= 0.3 is 0 Å². The number of rotatable bonds is 7. The minimum atomic E-state index is -0.629. The highest BCUT2D eigenvalue weighted by atomic mass is 16.3. The Morgan fingerprint density at radius 3 is 2.65 bits per heavy atom. The highest BCUT2D eigenvalue weighted by Crippen LogP contribution is 2.28. The van der Waals surface area contributed by atoms with Crippen LogP contribution in [0, 0.1) is 0 Å². The number of fused-ring (bicyclic) bond motifs is 1. The SMILES string of the molecule is O=C(Nc1n[nH]c2ccc(Nc3c(NCc4cccc(O)c4)c(=O)c3=O)cc12)c1cccnc1. The summed E-state index contributed by atoms with van der Waals surface area (Å²) in [5.74, 6) is 0.0722. The van der Waals surface area contributed by atoms with Crippen molar-refractivity contribution in [2.45, 2.75) is 6.54 Å². The first-order valence-corrected chi connectivity index (χ1v) is 10.3. The van der Waals surface area contributed by atoms with Gasteiger partial charge in [0.2, 0.25) is 0 Å². The third-order valence-electron chi connectivity index (χ3n) is 5.28. The normalized spacial score (nSPS) is 10.9. The molecule has 0 saturated heterocycles. The number of benzene rings is 2. The van der Waals surface area contributed by atoms with Gasteiger partial charge in [-0.15, -0.1) is 0 Å². The number of hydrogen-bond acceptors (Lipinski definition) is 8. The van der Waals surface area contributed by atoms with Crippen molar-refractivity contribution in [1.82, 2.24) is 15.2 Å². The average Bonchev–Trinajstić information content (AvgIpc) is 3.25. The van der Waals surface area contributed by atoms with E-state index in [1.807, 2.05) is 0 Å². The monoisotopic (exact) mass is 454 g/mol. The van der Waals surface area contributed by atoms with E-state index in [1.165, 1.54) is 6.20 Å². The van der Waals surface area contributed by atoms with Gasteiger partial charge in [-0.3, -0.25) is 24.5 Å². The molecule has 34 heavy (non-hydrogen) atoms. The molecule has 0 saturated carbocycles. The molecule has 10 nitrogen and oxygen atoms in total. The Hall–Kier alpha value is -4.99. The number of nitrogens with zero attached hydrogens (tertiary/aromatic N) is 2. The number of amides is 1. The lowest BCUT2D eigenvalue weighted by Crippen LogP contribution is -2.36. The molecular formula is C24H18N6O4. The van der Waals surface area contributed by atoms with Crippen molar-refractivity contribution in [2.24, 2.45) is 0 Å². The fourth-order valence-electron chi connectivity index (χ4n) is 3.54. The summed E-state index contributed by atoms with van der Waals surface area (Å²) < 4.78 is 0. The molecule has 10 heteroatoms. The van der Waals surface area contributed by atoms with Crippen molar-refractivity contribution in [3.63, 3.8) is 0 Å². The molecular weight excluding hydrogens is 436 g/mol. The number of nitrogens with one attached hydrogen (secondary N) is 4. The maximum Gasteiger partial charge on any atom is 0.258 e. The summed E-state index contributed by atoms with van der Waals surface area (Å²) in [6, 6.07) is 15.1. The van der Waals surface area contributed by atoms with Crippen LogP contribution in [0.25, 0.3) is 10.9 Å². The number of anilines is 4. The fraction of sp³-hybridized carbons (Fsp3) is 0.0417. The van der Waals surface area contributed by atoms with Crippen LogP contribution in [0.3, 0.4) is 0 Å². The van der Waals surface area contributed by atoms with E-state index in [2.05, 4.69) is 31.1 Å². The van der Waals surface area contributed by atoms with Crippen LogP contribution >= 0.6 is 0 Å². The first-order valence-electron chi connectivity index (χ1n) is 10.3. The first-order chi connectivity index (χ1) is 16.5. The molecule has 0 fully saturated rings. The third kappa shape index (κ3) is 3.95. The van der Waals surface area contributed by atoms with Crippen LogP contribution in [0.4, 0.5) is 22.9 Å². The van der Waals surface area contributed by atoms with E-state index in [4.69, 9.17) is 0 Å². The molecule has 0 unspecified atom stereocenters. The molecule has 0 spiro atoms. The topological polar surface area (TPSA) is 149 Å². The number of carbonyl (C=O) groups excluding carboxylic acids is 1. The maximum atomic E-state index is 12.5. The number of phenolic OH excluding ortho intramolecular Hbond substituents is 1. The van der Waals surface area contributed by atoms with Crippen LogP contribution in [0.2, 0.25) is 0 Å². The lowest BCUT2D eigenvalue weighted by atomic mass is 10.1. The summed E-state index contributed by atoms with van der Waals surface area (Å²) in [4.78, 5) is 40.7. The Morgan fingerprint density at radius 2 is 1.85 bits per heavy atom. The van der Waals surface area contributed by atoms with Crippen molar-refractivity contribution in [2.75, 3.05) is 16.0 Å². The zero-order valence-corrected chi connectivity index (χ0v) is 17.6. The summed E-state index contributed by atoms with van der Waals surface area (Å²) in [6.45, 7) is 0.263. The minimum absolute atomic E-state index is 0.113. The van der Waals surface area contributed by atoms with E-state index in [0.717, 1.165) is 5.56 Å². The molecule has 168 valence electrons. The predicted octanol–water partition coefficient (Wildman–Crippen LogP) is 2.87. The largest absolute Gasteiger partial charge is 0.508 e. The Morgan fingerprint density at radius 1 is 1.00 bits per heavy atom. The van der Waals surface area contributed by atoms with E-state index in [9.17, 15) is 19.5 Å². The first kappa shape index (κ1) is 20.9. The second-order valence-electron chi connectivity index (χ2n) is 7.59. The molecule has 2 heterocycles. The predicted molar refractivity (Wildman–Crippen MR) is 128 cm³/mol. The molecule has 0 atom stereocenters. The summed E-state index contributed by atoms with van der Waals surface area (Å²) in [5, 5.41) is 25.9. The third-order valence-corrected chi connectivity index (χ3v) is 5.28. The van der Waals surface area contributed by atoms with E-state index >= 15 is 0 Å². The summed E-state index contributed by atoms with van der Waals surface area (Å²) in [5.41, 5.74) is 1.44. The molecule has 2 aromatic heterocycles. The van der Waals surface area contributed by atoms with Gasteiger partial charge in [-0.1, -0.05) is 12.1 Å². The number of H-pyrrole nitrogens is 1. The summed E-state index contributed by atoms with van der Waals surface area (Å²) in [7, 11) is 0. The highest BCUT2D eigenvalue weighted by molar-refractivity contribution is 6.08. The van der Waals surface area contributed by atoms with E-state index < -0.39 is 10.9 Å². The van der Waals surface area contributed by atoms with Gasteiger partial charge in [0.15, 0.2) is 5.82 Å². The van der Waals surface area contributed by atoms with Crippen molar-refractivity contribution in [3.8, 4) is 5.75 Å². The van der Waals surface area contributed by atoms with Crippen molar-refractivity contribution in [1.29, 1.82) is 0 Å². The van der Waals surface area contributed by atoms with Crippen molar-refractivity contribution < 1.29 is 9.90 Å². The maximum absolute atomic E-state index is 12.5. The van der Waals surface area contributed by atoms with Gasteiger partial charge in [0.05, 0.1) is 11.1 Å². The van der Waals surface area contributed by atoms with E-state index in [-0.39, 0.29) is 29.6 Å². The van der Waals surface area contributed by atoms with Gasteiger partial charge in [0.25, 0.3) is 16.8 Å². The molecule has 0 aliphatic carbocycles. The van der Waals surface area contributed by atoms with E-state index in [1.54, 1.807) is 60.8 Å². The van der Waals surface area contributed by atoms with Gasteiger partial charge in [-0.05, 0) is 48.0 Å². The van der Waals surface area contributed by atoms with Crippen molar-refractivity contribution >= 4 is 39.7 Å². The molecule has 0 bridgehead atoms. The van der Waals surface area contributed by atoms with Crippen LogP contribution in [0.5, 0.6) is 5.75 Å². The van der Waals surface area contributed by atoms with Crippen molar-refractivity contribution in [3.05, 3.63) is 98.6 Å². The zero-order chi connectivity index (χ0) is 23.7. The Bertz CT molecular complexity index is 1580. The smallest absolute Gasteiger partial charge is 0.258 e. The van der Waals surface area contributed by atoms with Gasteiger partial charge in [-0.25, -0.2) is 0 Å². The second-order valence-corrected chi connectivity index (χ2v) is 7.59. The Kier molecular flexibility index (Phi) is 5.23. The van der Waals surface area contributed by atoms with Crippen LogP contribution in [0.15, 0.2) is 76.6 Å². The molecule has 5 N–H and O–H groups in total. The number of carbonyl (C=O) groups is 1. The lowest BCUT2D eigenvalue weighted by molar-refractivity contribution is 0.102. The van der Waals surface area contributed by atoms with Crippen LogP contribution in [-0.2, 0) is 6.54 Å². The number of hydrogen-bond donors (Lipinski definition) is 5. The molecule has 5 aromatic rings. The van der Waals surface area contributed by atoms with Crippen LogP contribution in [-0.4, -0.2) is 26.2 Å². The van der Waals surface area contributed by atoms with Crippen LogP contribution in [0.1, 0.15) is 15.9 Å². The molecule has 1 amide bonds. The molecule has 0 aliphatic rings. The summed E-state index contributed by atoms with van der Waals surface area (Å²) in [6.07, 6.45) is 3.03. The molecule has 3 aromatic carbocycles. The molecule has 5 rings (SSSR count). The summed E-state index contributed by atoms with van der Waals surface area (Å²) >= 11 is 0. The number of pyridine rings is 1. The lowest BCUT2D eigenvalue weighted by Gasteiger charge is -2.15. The van der Waals surface area contributed by atoms with Gasteiger partial charge < -0.3 is 21.1 Å². The Balaban J connectivity index is 1.36. The highest BCUT2D eigenvalue weighted by Gasteiger charge is 2.21. The number of aromatic amines is 1.